The number of aliphatic carboxylic acids is 3. The average Bonchev–Trinajstić information content (AvgIpc) is 1.98. The quantitative estimate of drug-likeness (QED) is 0.497. The van der Waals surface area contributed by atoms with Gasteiger partial charge in [-0.25, -0.2) is 4.79 Å². The van der Waals surface area contributed by atoms with E-state index in [9.17, 15) is 14.4 Å². The van der Waals surface area contributed by atoms with Crippen LogP contribution in [-0.4, -0.2) is 43.9 Å². The molecular weight excluding hydrogens is 398 g/mol. The number of carboxylic acids is 3. The molecule has 0 heterocycles. The van der Waals surface area contributed by atoms with Crippen LogP contribution in [0.3, 0.4) is 0 Å². The molecule has 17 heavy (non-hydrogen) atoms. The van der Waals surface area contributed by atoms with Gasteiger partial charge in [-0.05, 0) is 0 Å². The Bertz CT molecular complexity index is 277. The molecule has 0 aliphatic carbocycles. The molecule has 0 aromatic carbocycles. The van der Waals surface area contributed by atoms with Crippen molar-refractivity contribution in [3.63, 3.8) is 0 Å². The maximum atomic E-state index is 10.3. The summed E-state index contributed by atoms with van der Waals surface area (Å²) in [5.41, 5.74) is -2.74. The number of hydrogen-bond donors (Lipinski definition) is 4. The predicted molar refractivity (Wildman–Crippen MR) is 54.7 cm³/mol. The van der Waals surface area contributed by atoms with Crippen LogP contribution in [0.25, 0.3) is 0 Å². The fourth-order valence-electron chi connectivity index (χ4n) is 0.714. The zero-order valence-electron chi connectivity index (χ0n) is 7.86. The van der Waals surface area contributed by atoms with E-state index in [1.807, 2.05) is 0 Å². The van der Waals surface area contributed by atoms with Gasteiger partial charge in [0.2, 0.25) is 0 Å². The fourth-order valence-corrected chi connectivity index (χ4v) is 0.714. The fraction of sp³-hybridized carbons (Fsp3) is 0.500. The summed E-state index contributed by atoms with van der Waals surface area (Å²) in [4.78, 5) is 30.5. The monoisotopic (exact) mass is 404 g/mol. The van der Waals surface area contributed by atoms with E-state index < -0.39 is 51.5 Å². The van der Waals surface area contributed by atoms with Crippen LogP contribution in [0.2, 0.25) is 0 Å². The van der Waals surface area contributed by atoms with Gasteiger partial charge in [0.15, 0.2) is 5.60 Å². The molecule has 0 aliphatic rings. The first kappa shape index (κ1) is 19.3. The van der Waals surface area contributed by atoms with Crippen LogP contribution >= 0.6 is 27.6 Å². The number of hydrogen-bond acceptors (Lipinski definition) is 4. The van der Waals surface area contributed by atoms with E-state index in [1.54, 1.807) is 0 Å². The van der Waals surface area contributed by atoms with Crippen molar-refractivity contribution in [3.05, 3.63) is 0 Å². The molecule has 0 aliphatic heterocycles. The molecule has 0 rings (SSSR count). The third-order valence-electron chi connectivity index (χ3n) is 1.29. The topological polar surface area (TPSA) is 132 Å². The Morgan fingerprint density at radius 3 is 1.29 bits per heavy atom. The van der Waals surface area contributed by atoms with Crippen LogP contribution in [0, 0.1) is 0 Å². The normalized spacial score (nSPS) is 10.9. The second kappa shape index (κ2) is 8.98. The molecule has 0 saturated carbocycles. The summed E-state index contributed by atoms with van der Waals surface area (Å²) in [7, 11) is 14.7. The SMILES string of the molecule is O=C(O)CC(O)(CC(=O)O)C(=O)O.[Cl][Ag]([Cl])[Cl]. The molecule has 7 nitrogen and oxygen atoms in total. The van der Waals surface area contributed by atoms with Gasteiger partial charge in [0.25, 0.3) is 0 Å². The Balaban J connectivity index is 0. The molecule has 0 aromatic heterocycles. The van der Waals surface area contributed by atoms with Crippen LogP contribution in [0.4, 0.5) is 0 Å². The van der Waals surface area contributed by atoms with Gasteiger partial charge >= 0.3 is 60.7 Å². The minimum atomic E-state index is -2.74. The van der Waals surface area contributed by atoms with Gasteiger partial charge in [-0.3, -0.25) is 9.59 Å². The molecule has 106 valence electrons. The molecule has 0 radical (unpaired) electrons. The second-order valence-electron chi connectivity index (χ2n) is 2.61. The van der Waals surface area contributed by atoms with Gasteiger partial charge in [0.1, 0.15) is 0 Å². The Morgan fingerprint density at radius 2 is 1.18 bits per heavy atom. The number of halogens is 3. The van der Waals surface area contributed by atoms with Crippen molar-refractivity contribution in [1.29, 1.82) is 0 Å². The first-order valence-electron chi connectivity index (χ1n) is 3.51. The summed E-state index contributed by atoms with van der Waals surface area (Å²) in [5, 5.41) is 33.8. The summed E-state index contributed by atoms with van der Waals surface area (Å²) >= 11 is -1.47. The molecular formula is C6H8AgCl3O7. The summed E-state index contributed by atoms with van der Waals surface area (Å²) < 4.78 is 0. The summed E-state index contributed by atoms with van der Waals surface area (Å²) in [6, 6.07) is 0. The molecule has 0 aromatic rings. The van der Waals surface area contributed by atoms with Gasteiger partial charge in [-0.1, -0.05) is 0 Å². The van der Waals surface area contributed by atoms with E-state index in [-0.39, 0.29) is 0 Å². The Hall–Kier alpha value is -0.0197. The van der Waals surface area contributed by atoms with Gasteiger partial charge < -0.3 is 20.4 Å². The Kier molecular flexibility index (Phi) is 10.2. The number of carbonyl (C=O) groups is 3. The van der Waals surface area contributed by atoms with Crippen molar-refractivity contribution in [3.8, 4) is 0 Å². The van der Waals surface area contributed by atoms with Gasteiger partial charge in [-0.2, -0.15) is 0 Å². The Morgan fingerprint density at radius 1 is 0.941 bits per heavy atom. The summed E-state index contributed by atoms with van der Waals surface area (Å²) in [6.45, 7) is 0. The van der Waals surface area contributed by atoms with Crippen molar-refractivity contribution in [2.24, 2.45) is 0 Å². The van der Waals surface area contributed by atoms with Crippen LogP contribution in [0.15, 0.2) is 0 Å². The van der Waals surface area contributed by atoms with Gasteiger partial charge in [0, 0.05) is 0 Å². The van der Waals surface area contributed by atoms with Crippen LogP contribution in [-0.2, 0) is 29.6 Å². The van der Waals surface area contributed by atoms with Crippen LogP contribution < -0.4 is 0 Å². The van der Waals surface area contributed by atoms with E-state index in [0.717, 1.165) is 0 Å². The van der Waals surface area contributed by atoms with Gasteiger partial charge in [-0.15, -0.1) is 0 Å². The number of carboxylic acid groups (broad SMARTS) is 3. The van der Waals surface area contributed by atoms with E-state index >= 15 is 0 Å². The van der Waals surface area contributed by atoms with E-state index in [1.165, 1.54) is 0 Å². The predicted octanol–water partition coefficient (Wildman–Crippen LogP) is 0.818. The van der Waals surface area contributed by atoms with Crippen molar-refractivity contribution < 1.29 is 50.0 Å². The first-order chi connectivity index (χ1) is 7.51. The van der Waals surface area contributed by atoms with E-state index in [0.29, 0.717) is 0 Å². The zero-order valence-corrected chi connectivity index (χ0v) is 11.6. The third-order valence-corrected chi connectivity index (χ3v) is 1.29. The molecule has 4 N–H and O–H groups in total. The first-order valence-corrected chi connectivity index (χ1v) is 9.24. The van der Waals surface area contributed by atoms with Crippen LogP contribution in [0.1, 0.15) is 12.8 Å². The molecule has 0 spiro atoms. The molecule has 0 unspecified atom stereocenters. The summed E-state index contributed by atoms with van der Waals surface area (Å²) in [5.74, 6) is -5.02. The summed E-state index contributed by atoms with van der Waals surface area (Å²) in [6.07, 6.45) is -2.29. The standard InChI is InChI=1S/C6H8O7.Ag.3ClH/c7-3(8)1-6(13,5(11)12)2-4(9)10;;;;/h13H,1-2H2,(H,7,8)(H,9,10)(H,11,12);;3*1H/q;+3;;;/p-3. The molecule has 0 fully saturated rings. The van der Waals surface area contributed by atoms with Crippen molar-refractivity contribution >= 4 is 45.5 Å². The molecule has 11 heteroatoms. The van der Waals surface area contributed by atoms with Crippen molar-refractivity contribution in [2.75, 3.05) is 0 Å². The second-order valence-corrected chi connectivity index (χ2v) is 9.36. The molecule has 0 amide bonds. The van der Waals surface area contributed by atoms with E-state index in [2.05, 4.69) is 0 Å². The van der Waals surface area contributed by atoms with Crippen molar-refractivity contribution in [2.45, 2.75) is 18.4 Å². The average molecular weight is 406 g/mol. The molecule has 0 bridgehead atoms. The third kappa shape index (κ3) is 12.2. The molecule has 0 atom stereocenters. The van der Waals surface area contributed by atoms with E-state index in [4.69, 9.17) is 48.0 Å². The van der Waals surface area contributed by atoms with Crippen LogP contribution in [0.5, 0.6) is 0 Å². The van der Waals surface area contributed by atoms with Crippen molar-refractivity contribution in [1.82, 2.24) is 0 Å². The minimum absolute atomic E-state index is 1.14. The maximum absolute atomic E-state index is 10.3. The van der Waals surface area contributed by atoms with Gasteiger partial charge in [0.05, 0.1) is 12.8 Å². The number of aliphatic hydroxyl groups is 1. The Labute approximate surface area is 113 Å². The number of rotatable bonds is 5. The zero-order chi connectivity index (χ0) is 14.2. The molecule has 0 saturated heterocycles.